The van der Waals surface area contributed by atoms with Crippen LogP contribution in [0.1, 0.15) is 11.6 Å². The van der Waals surface area contributed by atoms with Crippen LogP contribution in [0.5, 0.6) is 5.75 Å². The summed E-state index contributed by atoms with van der Waals surface area (Å²) in [5.74, 6) is 0.280. The van der Waals surface area contributed by atoms with Gasteiger partial charge in [-0.1, -0.05) is 12.1 Å². The van der Waals surface area contributed by atoms with Crippen LogP contribution in [0.15, 0.2) is 48.8 Å². The Balaban J connectivity index is 2.31. The molecule has 0 amide bonds. The van der Waals surface area contributed by atoms with Crippen LogP contribution >= 0.6 is 0 Å². The van der Waals surface area contributed by atoms with Gasteiger partial charge in [0.15, 0.2) is 0 Å². The number of nitrogens with zero attached hydrogens (tertiary/aromatic N) is 1. The fourth-order valence-corrected chi connectivity index (χ4v) is 1.68. The van der Waals surface area contributed by atoms with E-state index in [0.717, 1.165) is 5.56 Å². The van der Waals surface area contributed by atoms with Crippen molar-refractivity contribution in [2.75, 3.05) is 6.54 Å². The molecule has 1 aromatic carbocycles. The summed E-state index contributed by atoms with van der Waals surface area (Å²) in [5.41, 5.74) is 6.85. The molecule has 15 heavy (non-hydrogen) atoms. The molecule has 1 heterocycles. The molecule has 0 aliphatic heterocycles. The minimum atomic E-state index is 0.139. The minimum absolute atomic E-state index is 0.139. The Hall–Kier alpha value is -1.74. The molecule has 3 N–H and O–H groups in total. The molecule has 0 aliphatic carbocycles. The maximum Gasteiger partial charge on any atom is 0.115 e. The molecule has 0 radical (unpaired) electrons. The zero-order chi connectivity index (χ0) is 10.7. The maximum absolute atomic E-state index is 9.20. The van der Waals surface area contributed by atoms with Crippen LogP contribution in [0.3, 0.4) is 0 Å². The Morgan fingerprint density at radius 1 is 1.13 bits per heavy atom. The minimum Gasteiger partial charge on any atom is -0.508 e. The number of aromatic nitrogens is 1. The van der Waals surface area contributed by atoms with Gasteiger partial charge >= 0.3 is 0 Å². The highest BCUT2D eigenvalue weighted by atomic mass is 16.3. The van der Waals surface area contributed by atoms with E-state index in [2.05, 4.69) is 4.57 Å². The van der Waals surface area contributed by atoms with Gasteiger partial charge in [0.25, 0.3) is 0 Å². The summed E-state index contributed by atoms with van der Waals surface area (Å²) in [7, 11) is 0. The van der Waals surface area contributed by atoms with Gasteiger partial charge in [0.1, 0.15) is 5.75 Å². The van der Waals surface area contributed by atoms with Crippen molar-refractivity contribution in [3.8, 4) is 5.75 Å². The van der Waals surface area contributed by atoms with Gasteiger partial charge in [-0.05, 0) is 29.8 Å². The molecule has 0 saturated carbocycles. The summed E-state index contributed by atoms with van der Waals surface area (Å²) >= 11 is 0. The highest BCUT2D eigenvalue weighted by Crippen LogP contribution is 2.19. The van der Waals surface area contributed by atoms with Crippen molar-refractivity contribution in [2.45, 2.75) is 6.04 Å². The van der Waals surface area contributed by atoms with E-state index < -0.39 is 0 Å². The maximum atomic E-state index is 9.20. The monoisotopic (exact) mass is 202 g/mol. The summed E-state index contributed by atoms with van der Waals surface area (Å²) in [6.45, 7) is 0.541. The van der Waals surface area contributed by atoms with Crippen molar-refractivity contribution in [1.29, 1.82) is 0 Å². The number of phenolic OH excluding ortho intramolecular Hbond substituents is 1. The number of hydrogen-bond donors (Lipinski definition) is 2. The lowest BCUT2D eigenvalue weighted by Crippen LogP contribution is -2.19. The summed E-state index contributed by atoms with van der Waals surface area (Å²) in [6, 6.07) is 11.2. The SMILES string of the molecule is NCC(c1ccc(O)cc1)n1cccc1. The van der Waals surface area contributed by atoms with E-state index in [1.165, 1.54) is 0 Å². The van der Waals surface area contributed by atoms with Crippen LogP contribution < -0.4 is 5.73 Å². The molecule has 0 bridgehead atoms. The van der Waals surface area contributed by atoms with Crippen LogP contribution in [-0.2, 0) is 0 Å². The molecular weight excluding hydrogens is 188 g/mol. The lowest BCUT2D eigenvalue weighted by molar-refractivity contribution is 0.474. The molecule has 1 atom stereocenters. The predicted molar refractivity (Wildman–Crippen MR) is 59.7 cm³/mol. The lowest BCUT2D eigenvalue weighted by atomic mass is 10.1. The Labute approximate surface area is 88.8 Å². The van der Waals surface area contributed by atoms with Crippen LogP contribution in [0.2, 0.25) is 0 Å². The largest absolute Gasteiger partial charge is 0.508 e. The fraction of sp³-hybridized carbons (Fsp3) is 0.167. The van der Waals surface area contributed by atoms with Crippen LogP contribution in [0, 0.1) is 0 Å². The normalized spacial score (nSPS) is 12.6. The van der Waals surface area contributed by atoms with Crippen molar-refractivity contribution in [3.05, 3.63) is 54.4 Å². The standard InChI is InChI=1S/C12H14N2O/c13-9-12(14-7-1-2-8-14)10-3-5-11(15)6-4-10/h1-8,12,15H,9,13H2. The van der Waals surface area contributed by atoms with Crippen molar-refractivity contribution in [1.82, 2.24) is 4.57 Å². The summed E-state index contributed by atoms with van der Waals surface area (Å²) in [5, 5.41) is 9.20. The molecular formula is C12H14N2O. The molecule has 78 valence electrons. The van der Waals surface area contributed by atoms with Crippen LogP contribution in [0.25, 0.3) is 0 Å². The van der Waals surface area contributed by atoms with Gasteiger partial charge in [0.05, 0.1) is 6.04 Å². The molecule has 1 unspecified atom stereocenters. The third-order valence-electron chi connectivity index (χ3n) is 2.49. The molecule has 3 heteroatoms. The average molecular weight is 202 g/mol. The third kappa shape index (κ3) is 2.02. The topological polar surface area (TPSA) is 51.2 Å². The number of nitrogens with two attached hydrogens (primary N) is 1. The lowest BCUT2D eigenvalue weighted by Gasteiger charge is -2.17. The highest BCUT2D eigenvalue weighted by molar-refractivity contribution is 5.28. The van der Waals surface area contributed by atoms with Crippen LogP contribution in [-0.4, -0.2) is 16.2 Å². The first-order chi connectivity index (χ1) is 7.31. The Morgan fingerprint density at radius 2 is 1.73 bits per heavy atom. The van der Waals surface area contributed by atoms with E-state index in [9.17, 15) is 5.11 Å². The molecule has 0 spiro atoms. The van der Waals surface area contributed by atoms with Gasteiger partial charge in [-0.25, -0.2) is 0 Å². The van der Waals surface area contributed by atoms with Gasteiger partial charge in [-0.15, -0.1) is 0 Å². The van der Waals surface area contributed by atoms with E-state index in [4.69, 9.17) is 5.73 Å². The number of hydrogen-bond acceptors (Lipinski definition) is 2. The number of rotatable bonds is 3. The van der Waals surface area contributed by atoms with E-state index in [0.29, 0.717) is 6.54 Å². The first-order valence-corrected chi connectivity index (χ1v) is 4.92. The van der Waals surface area contributed by atoms with Crippen molar-refractivity contribution in [3.63, 3.8) is 0 Å². The molecule has 2 aromatic rings. The van der Waals surface area contributed by atoms with Crippen molar-refractivity contribution >= 4 is 0 Å². The van der Waals surface area contributed by atoms with Gasteiger partial charge in [-0.2, -0.15) is 0 Å². The predicted octanol–water partition coefficient (Wildman–Crippen LogP) is 1.74. The second-order valence-electron chi connectivity index (χ2n) is 3.47. The molecule has 1 aromatic heterocycles. The average Bonchev–Trinajstić information content (AvgIpc) is 2.75. The Bertz CT molecular complexity index is 406. The number of aromatic hydroxyl groups is 1. The second-order valence-corrected chi connectivity index (χ2v) is 3.47. The third-order valence-corrected chi connectivity index (χ3v) is 2.49. The molecule has 0 saturated heterocycles. The fourth-order valence-electron chi connectivity index (χ4n) is 1.68. The number of benzene rings is 1. The Morgan fingerprint density at radius 3 is 2.27 bits per heavy atom. The summed E-state index contributed by atoms with van der Waals surface area (Å²) in [4.78, 5) is 0. The molecule has 3 nitrogen and oxygen atoms in total. The van der Waals surface area contributed by atoms with E-state index in [-0.39, 0.29) is 11.8 Å². The first kappa shape index (κ1) is 9.80. The Kier molecular flexibility index (Phi) is 2.74. The van der Waals surface area contributed by atoms with Gasteiger partial charge in [-0.3, -0.25) is 0 Å². The number of phenols is 1. The van der Waals surface area contributed by atoms with Gasteiger partial charge in [0.2, 0.25) is 0 Å². The first-order valence-electron chi connectivity index (χ1n) is 4.92. The highest BCUT2D eigenvalue weighted by Gasteiger charge is 2.09. The van der Waals surface area contributed by atoms with Gasteiger partial charge in [0, 0.05) is 18.9 Å². The van der Waals surface area contributed by atoms with Crippen molar-refractivity contribution < 1.29 is 5.11 Å². The van der Waals surface area contributed by atoms with E-state index in [1.54, 1.807) is 12.1 Å². The second kappa shape index (κ2) is 4.19. The summed E-state index contributed by atoms with van der Waals surface area (Å²) < 4.78 is 2.06. The zero-order valence-electron chi connectivity index (χ0n) is 8.38. The molecule has 0 aliphatic rings. The van der Waals surface area contributed by atoms with Crippen LogP contribution in [0.4, 0.5) is 0 Å². The van der Waals surface area contributed by atoms with E-state index in [1.807, 2.05) is 36.7 Å². The summed E-state index contributed by atoms with van der Waals surface area (Å²) in [6.07, 6.45) is 3.98. The smallest absolute Gasteiger partial charge is 0.115 e. The van der Waals surface area contributed by atoms with E-state index >= 15 is 0 Å². The quantitative estimate of drug-likeness (QED) is 0.796. The molecule has 0 fully saturated rings. The van der Waals surface area contributed by atoms with Gasteiger partial charge < -0.3 is 15.4 Å². The molecule has 2 rings (SSSR count). The zero-order valence-corrected chi connectivity index (χ0v) is 8.38. The van der Waals surface area contributed by atoms with Crippen molar-refractivity contribution in [2.24, 2.45) is 5.73 Å².